The number of hydrogen-bond acceptors (Lipinski definition) is 3. The van der Waals surface area contributed by atoms with Crippen molar-refractivity contribution in [3.8, 4) is 0 Å². The smallest absolute Gasteiger partial charge is 0.227 e. The molecule has 5 heteroatoms. The summed E-state index contributed by atoms with van der Waals surface area (Å²) in [6.45, 7) is 1.97. The Morgan fingerprint density at radius 3 is 2.44 bits per heavy atom. The van der Waals surface area contributed by atoms with Gasteiger partial charge in [0, 0.05) is 29.8 Å². The van der Waals surface area contributed by atoms with Gasteiger partial charge in [-0.2, -0.15) is 0 Å². The minimum atomic E-state index is 0.0114. The lowest BCUT2D eigenvalue weighted by atomic mass is 9.84. The Labute approximate surface area is 162 Å². The highest BCUT2D eigenvalue weighted by Gasteiger charge is 2.28. The predicted molar refractivity (Wildman–Crippen MR) is 109 cm³/mol. The maximum atomic E-state index is 12.6. The first kappa shape index (κ1) is 19.7. The molecule has 0 aromatic heterocycles. The molecule has 0 saturated heterocycles. The number of benzene rings is 1. The summed E-state index contributed by atoms with van der Waals surface area (Å²) in [4.78, 5) is 24.9. The number of nitrogens with one attached hydrogen (secondary N) is 2. The van der Waals surface area contributed by atoms with Crippen molar-refractivity contribution in [2.45, 2.75) is 77.2 Å². The van der Waals surface area contributed by atoms with Crippen LogP contribution in [0.2, 0.25) is 0 Å². The second-order valence-electron chi connectivity index (χ2n) is 8.39. The van der Waals surface area contributed by atoms with E-state index < -0.39 is 0 Å². The highest BCUT2D eigenvalue weighted by molar-refractivity contribution is 5.93. The Hall–Kier alpha value is -2.04. The highest BCUT2D eigenvalue weighted by Crippen LogP contribution is 2.28. The number of nitrogen functional groups attached to an aromatic ring is 1. The second kappa shape index (κ2) is 9.25. The largest absolute Gasteiger partial charge is 0.399 e. The van der Waals surface area contributed by atoms with Crippen molar-refractivity contribution < 1.29 is 9.59 Å². The molecule has 2 fully saturated rings. The molecular formula is C22H33N3O2. The normalized spacial score (nSPS) is 23.6. The minimum Gasteiger partial charge on any atom is -0.399 e. The van der Waals surface area contributed by atoms with Crippen LogP contribution in [0.3, 0.4) is 0 Å². The maximum Gasteiger partial charge on any atom is 0.227 e. The van der Waals surface area contributed by atoms with Gasteiger partial charge in [0.15, 0.2) is 0 Å². The van der Waals surface area contributed by atoms with E-state index in [1.807, 2.05) is 25.1 Å². The summed E-state index contributed by atoms with van der Waals surface area (Å²) < 4.78 is 0. The molecular weight excluding hydrogens is 338 g/mol. The molecule has 0 atom stereocenters. The molecule has 1 aromatic carbocycles. The number of carbonyl (C=O) groups is 2. The monoisotopic (exact) mass is 371 g/mol. The number of carbonyl (C=O) groups excluding carboxylic acids is 2. The van der Waals surface area contributed by atoms with Crippen molar-refractivity contribution in [3.63, 3.8) is 0 Å². The van der Waals surface area contributed by atoms with E-state index in [0.29, 0.717) is 18.0 Å². The molecule has 0 radical (unpaired) electrons. The Balaban J connectivity index is 1.42. The van der Waals surface area contributed by atoms with E-state index in [1.54, 1.807) is 0 Å². The Morgan fingerprint density at radius 1 is 1.04 bits per heavy atom. The number of amides is 2. The number of hydrogen-bond donors (Lipinski definition) is 3. The minimum absolute atomic E-state index is 0.0114. The van der Waals surface area contributed by atoms with E-state index in [-0.39, 0.29) is 23.8 Å². The molecule has 3 rings (SSSR count). The summed E-state index contributed by atoms with van der Waals surface area (Å²) >= 11 is 0. The molecule has 4 N–H and O–H groups in total. The molecule has 148 valence electrons. The van der Waals surface area contributed by atoms with Crippen LogP contribution in [0.5, 0.6) is 0 Å². The third-order valence-corrected chi connectivity index (χ3v) is 6.18. The third-order valence-electron chi connectivity index (χ3n) is 6.18. The molecule has 0 heterocycles. The average molecular weight is 372 g/mol. The molecule has 5 nitrogen and oxygen atoms in total. The summed E-state index contributed by atoms with van der Waals surface area (Å²) in [5, 5.41) is 6.23. The molecule has 0 unspecified atom stereocenters. The van der Waals surface area contributed by atoms with Gasteiger partial charge in [-0.1, -0.05) is 25.3 Å². The SMILES string of the molecule is Cc1ccc(N)cc1NC(=O)C1CCC(NC(=O)CC2CCCCC2)CC1. The van der Waals surface area contributed by atoms with Gasteiger partial charge in [-0.05, 0) is 69.1 Å². The van der Waals surface area contributed by atoms with E-state index in [1.165, 1.54) is 32.1 Å². The molecule has 0 aliphatic heterocycles. The fourth-order valence-corrected chi connectivity index (χ4v) is 4.45. The molecule has 2 aliphatic carbocycles. The van der Waals surface area contributed by atoms with Gasteiger partial charge in [-0.15, -0.1) is 0 Å². The zero-order valence-corrected chi connectivity index (χ0v) is 16.4. The van der Waals surface area contributed by atoms with E-state index in [2.05, 4.69) is 10.6 Å². The van der Waals surface area contributed by atoms with Crippen LogP contribution in [-0.2, 0) is 9.59 Å². The maximum absolute atomic E-state index is 12.6. The van der Waals surface area contributed by atoms with Crippen molar-refractivity contribution >= 4 is 23.2 Å². The van der Waals surface area contributed by atoms with E-state index in [0.717, 1.165) is 36.9 Å². The quantitative estimate of drug-likeness (QED) is 0.680. The van der Waals surface area contributed by atoms with Gasteiger partial charge in [0.05, 0.1) is 0 Å². The van der Waals surface area contributed by atoms with Crippen molar-refractivity contribution in [1.82, 2.24) is 5.32 Å². The topological polar surface area (TPSA) is 84.2 Å². The molecule has 2 amide bonds. The van der Waals surface area contributed by atoms with Crippen LogP contribution < -0.4 is 16.4 Å². The Bertz CT molecular complexity index is 660. The fraction of sp³-hybridized carbons (Fsp3) is 0.636. The molecule has 27 heavy (non-hydrogen) atoms. The van der Waals surface area contributed by atoms with E-state index >= 15 is 0 Å². The summed E-state index contributed by atoms with van der Waals surface area (Å²) in [7, 11) is 0. The van der Waals surface area contributed by atoms with Gasteiger partial charge in [-0.25, -0.2) is 0 Å². The van der Waals surface area contributed by atoms with Crippen LogP contribution in [0.25, 0.3) is 0 Å². The first-order chi connectivity index (χ1) is 13.0. The van der Waals surface area contributed by atoms with Crippen LogP contribution in [-0.4, -0.2) is 17.9 Å². The highest BCUT2D eigenvalue weighted by atomic mass is 16.2. The second-order valence-corrected chi connectivity index (χ2v) is 8.39. The number of aryl methyl sites for hydroxylation is 1. The van der Waals surface area contributed by atoms with E-state index in [9.17, 15) is 9.59 Å². The molecule has 1 aromatic rings. The van der Waals surface area contributed by atoms with Gasteiger partial charge in [0.1, 0.15) is 0 Å². The number of anilines is 2. The van der Waals surface area contributed by atoms with Crippen molar-refractivity contribution in [2.24, 2.45) is 11.8 Å². The van der Waals surface area contributed by atoms with Crippen LogP contribution in [0.4, 0.5) is 11.4 Å². The van der Waals surface area contributed by atoms with Gasteiger partial charge in [-0.3, -0.25) is 9.59 Å². The fourth-order valence-electron chi connectivity index (χ4n) is 4.45. The first-order valence-electron chi connectivity index (χ1n) is 10.5. The summed E-state index contributed by atoms with van der Waals surface area (Å²) in [6, 6.07) is 5.79. The zero-order valence-electron chi connectivity index (χ0n) is 16.4. The number of nitrogens with two attached hydrogens (primary N) is 1. The van der Waals surface area contributed by atoms with Crippen molar-refractivity contribution in [1.29, 1.82) is 0 Å². The molecule has 0 bridgehead atoms. The lowest BCUT2D eigenvalue weighted by molar-refractivity contribution is -0.123. The third kappa shape index (κ3) is 5.72. The molecule has 0 spiro atoms. The van der Waals surface area contributed by atoms with Crippen LogP contribution in [0.1, 0.15) is 69.8 Å². The lowest BCUT2D eigenvalue weighted by Gasteiger charge is -2.29. The lowest BCUT2D eigenvalue weighted by Crippen LogP contribution is -2.40. The van der Waals surface area contributed by atoms with Crippen LogP contribution >= 0.6 is 0 Å². The number of rotatable bonds is 5. The molecule has 2 aliphatic rings. The summed E-state index contributed by atoms with van der Waals surface area (Å²) in [5.74, 6) is 0.848. The Kier molecular flexibility index (Phi) is 6.75. The predicted octanol–water partition coefficient (Wildman–Crippen LogP) is 4.16. The molecule has 2 saturated carbocycles. The van der Waals surface area contributed by atoms with Gasteiger partial charge >= 0.3 is 0 Å². The van der Waals surface area contributed by atoms with Crippen LogP contribution in [0, 0.1) is 18.8 Å². The van der Waals surface area contributed by atoms with E-state index in [4.69, 9.17) is 5.73 Å². The van der Waals surface area contributed by atoms with Crippen molar-refractivity contribution in [3.05, 3.63) is 23.8 Å². The van der Waals surface area contributed by atoms with Gasteiger partial charge in [0.2, 0.25) is 11.8 Å². The summed E-state index contributed by atoms with van der Waals surface area (Å²) in [5.41, 5.74) is 8.28. The summed E-state index contributed by atoms with van der Waals surface area (Å²) in [6.07, 6.45) is 10.3. The van der Waals surface area contributed by atoms with Gasteiger partial charge in [0.25, 0.3) is 0 Å². The first-order valence-corrected chi connectivity index (χ1v) is 10.5. The Morgan fingerprint density at radius 2 is 1.74 bits per heavy atom. The standard InChI is InChI=1S/C22H33N3O2/c1-15-7-10-18(23)14-20(15)25-22(27)17-8-11-19(12-9-17)24-21(26)13-16-5-3-2-4-6-16/h7,10,14,16-17,19H,2-6,8-9,11-13,23H2,1H3,(H,24,26)(H,25,27). The zero-order chi connectivity index (χ0) is 19.2. The van der Waals surface area contributed by atoms with Crippen molar-refractivity contribution in [2.75, 3.05) is 11.1 Å². The van der Waals surface area contributed by atoms with Crippen LogP contribution in [0.15, 0.2) is 18.2 Å². The van der Waals surface area contributed by atoms with Gasteiger partial charge < -0.3 is 16.4 Å². The average Bonchev–Trinajstić information content (AvgIpc) is 2.66.